The highest BCUT2D eigenvalue weighted by molar-refractivity contribution is 7.24. The summed E-state index contributed by atoms with van der Waals surface area (Å²) < 4.78 is 6.07. The lowest BCUT2D eigenvalue weighted by molar-refractivity contribution is 0.415. The average Bonchev–Trinajstić information content (AvgIpc) is 2.39. The number of methoxy groups -OCH3 is 1. The lowest BCUT2D eigenvalue weighted by Gasteiger charge is -2.02. The summed E-state index contributed by atoms with van der Waals surface area (Å²) >= 11 is 1.52. The zero-order valence-corrected chi connectivity index (χ0v) is 9.95. The third kappa shape index (κ3) is 1.57. The van der Waals surface area contributed by atoms with E-state index >= 15 is 0 Å². The van der Waals surface area contributed by atoms with Crippen molar-refractivity contribution in [3.05, 3.63) is 46.8 Å². The Kier molecular flexibility index (Phi) is 2.30. The van der Waals surface area contributed by atoms with Crippen LogP contribution >= 0.6 is 11.3 Å². The first-order valence-electron chi connectivity index (χ1n) is 5.15. The summed E-state index contributed by atoms with van der Waals surface area (Å²) in [5, 5.41) is 1.35. The van der Waals surface area contributed by atoms with Crippen LogP contribution in [0, 0.1) is 0 Å². The maximum absolute atomic E-state index is 12.3. The van der Waals surface area contributed by atoms with Gasteiger partial charge in [-0.2, -0.15) is 0 Å². The molecule has 4 heteroatoms. The van der Waals surface area contributed by atoms with E-state index in [1.807, 2.05) is 12.1 Å². The molecule has 0 bridgehead atoms. The van der Waals surface area contributed by atoms with E-state index < -0.39 is 0 Å². The molecule has 0 radical (unpaired) electrons. The molecule has 3 aromatic rings. The molecule has 0 unspecified atom stereocenters. The number of fused-ring (bicyclic) bond motifs is 2. The molecular formula is C13H9NO2S. The summed E-state index contributed by atoms with van der Waals surface area (Å²) in [6.07, 6.45) is 1.70. The van der Waals surface area contributed by atoms with Crippen LogP contribution in [-0.2, 0) is 0 Å². The van der Waals surface area contributed by atoms with Gasteiger partial charge in [-0.25, -0.2) is 4.98 Å². The fraction of sp³-hybridized carbons (Fsp3) is 0.0769. The average molecular weight is 243 g/mol. The molecule has 2 aromatic heterocycles. The number of hydrogen-bond donors (Lipinski definition) is 0. The summed E-state index contributed by atoms with van der Waals surface area (Å²) in [6.45, 7) is 0. The van der Waals surface area contributed by atoms with Crippen molar-refractivity contribution in [3.8, 4) is 5.75 Å². The minimum absolute atomic E-state index is 0.0146. The monoisotopic (exact) mass is 243 g/mol. The highest BCUT2D eigenvalue weighted by Crippen LogP contribution is 2.25. The Morgan fingerprint density at radius 3 is 2.94 bits per heavy atom. The second-order valence-electron chi connectivity index (χ2n) is 3.65. The molecule has 0 amide bonds. The Morgan fingerprint density at radius 2 is 2.12 bits per heavy atom. The SMILES string of the molecule is COc1ccc2sc3ncccc3c(=O)c2c1. The van der Waals surface area contributed by atoms with Crippen molar-refractivity contribution in [1.82, 2.24) is 4.98 Å². The summed E-state index contributed by atoms with van der Waals surface area (Å²) in [6, 6.07) is 9.12. The van der Waals surface area contributed by atoms with Crippen molar-refractivity contribution in [1.29, 1.82) is 0 Å². The fourth-order valence-corrected chi connectivity index (χ4v) is 2.79. The number of benzene rings is 1. The predicted molar refractivity (Wildman–Crippen MR) is 69.9 cm³/mol. The Balaban J connectivity index is 2.51. The second-order valence-corrected chi connectivity index (χ2v) is 4.68. The molecule has 0 saturated heterocycles. The van der Waals surface area contributed by atoms with E-state index in [1.165, 1.54) is 11.3 Å². The smallest absolute Gasteiger partial charge is 0.197 e. The standard InChI is InChI=1S/C13H9NO2S/c1-16-8-4-5-11-10(7-8)12(15)9-3-2-6-14-13(9)17-11/h2-7H,1H3. The maximum atomic E-state index is 12.3. The van der Waals surface area contributed by atoms with E-state index in [2.05, 4.69) is 4.98 Å². The molecule has 0 N–H and O–H groups in total. The van der Waals surface area contributed by atoms with Gasteiger partial charge in [0, 0.05) is 16.3 Å². The molecule has 84 valence electrons. The van der Waals surface area contributed by atoms with Crippen LogP contribution < -0.4 is 10.2 Å². The number of pyridine rings is 1. The van der Waals surface area contributed by atoms with Crippen molar-refractivity contribution in [2.24, 2.45) is 0 Å². The topological polar surface area (TPSA) is 39.2 Å². The highest BCUT2D eigenvalue weighted by atomic mass is 32.1. The first-order valence-corrected chi connectivity index (χ1v) is 5.97. The Hall–Kier alpha value is -1.94. The minimum atomic E-state index is 0.0146. The van der Waals surface area contributed by atoms with Crippen molar-refractivity contribution < 1.29 is 4.74 Å². The number of ether oxygens (including phenoxy) is 1. The van der Waals surface area contributed by atoms with Gasteiger partial charge >= 0.3 is 0 Å². The highest BCUT2D eigenvalue weighted by Gasteiger charge is 2.07. The number of nitrogens with zero attached hydrogens (tertiary/aromatic N) is 1. The predicted octanol–water partition coefficient (Wildman–Crippen LogP) is 2.82. The lowest BCUT2D eigenvalue weighted by Crippen LogP contribution is -2.01. The van der Waals surface area contributed by atoms with E-state index in [0.717, 1.165) is 9.53 Å². The van der Waals surface area contributed by atoms with E-state index in [1.54, 1.807) is 31.5 Å². The van der Waals surface area contributed by atoms with Gasteiger partial charge in [0.2, 0.25) is 0 Å². The maximum Gasteiger partial charge on any atom is 0.197 e. The van der Waals surface area contributed by atoms with Gasteiger partial charge in [0.1, 0.15) is 10.6 Å². The van der Waals surface area contributed by atoms with Crippen molar-refractivity contribution in [3.63, 3.8) is 0 Å². The molecule has 17 heavy (non-hydrogen) atoms. The zero-order valence-electron chi connectivity index (χ0n) is 9.14. The minimum Gasteiger partial charge on any atom is -0.497 e. The van der Waals surface area contributed by atoms with Crippen LogP contribution in [0.15, 0.2) is 41.3 Å². The molecule has 0 spiro atoms. The van der Waals surface area contributed by atoms with Gasteiger partial charge in [-0.05, 0) is 30.3 Å². The van der Waals surface area contributed by atoms with Gasteiger partial charge in [0.05, 0.1) is 12.5 Å². The second kappa shape index (κ2) is 3.82. The van der Waals surface area contributed by atoms with Gasteiger partial charge in [-0.1, -0.05) is 0 Å². The quantitative estimate of drug-likeness (QED) is 0.617. The van der Waals surface area contributed by atoms with E-state index in [0.29, 0.717) is 16.5 Å². The fourth-order valence-electron chi connectivity index (χ4n) is 1.80. The van der Waals surface area contributed by atoms with Crippen LogP contribution in [-0.4, -0.2) is 12.1 Å². The van der Waals surface area contributed by atoms with E-state index in [4.69, 9.17) is 4.74 Å². The zero-order chi connectivity index (χ0) is 11.8. The molecule has 0 aliphatic rings. The lowest BCUT2D eigenvalue weighted by atomic mass is 10.2. The molecular weight excluding hydrogens is 234 g/mol. The van der Waals surface area contributed by atoms with Gasteiger partial charge in [0.25, 0.3) is 0 Å². The Bertz CT molecular complexity index is 764. The number of aromatic nitrogens is 1. The van der Waals surface area contributed by atoms with Gasteiger partial charge in [0.15, 0.2) is 5.43 Å². The van der Waals surface area contributed by atoms with Crippen LogP contribution in [0.4, 0.5) is 0 Å². The van der Waals surface area contributed by atoms with Gasteiger partial charge < -0.3 is 4.74 Å². The Morgan fingerprint density at radius 1 is 1.24 bits per heavy atom. The van der Waals surface area contributed by atoms with Crippen molar-refractivity contribution >= 4 is 31.6 Å². The van der Waals surface area contributed by atoms with Crippen molar-refractivity contribution in [2.75, 3.05) is 7.11 Å². The van der Waals surface area contributed by atoms with Crippen LogP contribution in [0.2, 0.25) is 0 Å². The summed E-state index contributed by atoms with van der Waals surface area (Å²) in [5.41, 5.74) is 0.0146. The molecule has 2 heterocycles. The third-order valence-electron chi connectivity index (χ3n) is 2.65. The summed E-state index contributed by atoms with van der Waals surface area (Å²) in [5.74, 6) is 0.699. The molecule has 0 atom stereocenters. The number of hydrogen-bond acceptors (Lipinski definition) is 4. The van der Waals surface area contributed by atoms with Gasteiger partial charge in [-0.3, -0.25) is 4.79 Å². The van der Waals surface area contributed by atoms with Crippen LogP contribution in [0.5, 0.6) is 5.75 Å². The molecule has 3 rings (SSSR count). The summed E-state index contributed by atoms with van der Waals surface area (Å²) in [7, 11) is 1.59. The molecule has 0 fully saturated rings. The molecule has 0 aliphatic carbocycles. The molecule has 1 aromatic carbocycles. The van der Waals surface area contributed by atoms with Crippen molar-refractivity contribution in [2.45, 2.75) is 0 Å². The van der Waals surface area contributed by atoms with Crippen LogP contribution in [0.1, 0.15) is 0 Å². The first kappa shape index (κ1) is 10.2. The summed E-state index contributed by atoms with van der Waals surface area (Å²) in [4.78, 5) is 17.3. The molecule has 0 saturated carbocycles. The first-order chi connectivity index (χ1) is 8.29. The third-order valence-corrected chi connectivity index (χ3v) is 3.75. The van der Waals surface area contributed by atoms with E-state index in [9.17, 15) is 4.79 Å². The molecule has 0 aliphatic heterocycles. The van der Waals surface area contributed by atoms with Crippen LogP contribution in [0.25, 0.3) is 20.3 Å². The number of rotatable bonds is 1. The molecule has 3 nitrogen and oxygen atoms in total. The van der Waals surface area contributed by atoms with Gasteiger partial charge in [-0.15, -0.1) is 11.3 Å². The largest absolute Gasteiger partial charge is 0.497 e. The Labute approximate surface area is 101 Å². The van der Waals surface area contributed by atoms with Crippen LogP contribution in [0.3, 0.4) is 0 Å². The normalized spacial score (nSPS) is 10.9. The van der Waals surface area contributed by atoms with E-state index in [-0.39, 0.29) is 5.43 Å².